The lowest BCUT2D eigenvalue weighted by molar-refractivity contribution is -0.129. The maximum absolute atomic E-state index is 12.4. The Balaban J connectivity index is 1.69. The number of rotatable bonds is 6. The molecule has 0 radical (unpaired) electrons. The molecule has 3 rings (SSSR count). The summed E-state index contributed by atoms with van der Waals surface area (Å²) < 4.78 is 7.31. The van der Waals surface area contributed by atoms with Gasteiger partial charge in [-0.05, 0) is 37.0 Å². The maximum Gasteiger partial charge on any atom is 0.337 e. The average molecular weight is 460 g/mol. The zero-order valence-corrected chi connectivity index (χ0v) is 19.3. The third-order valence-corrected chi connectivity index (χ3v) is 7.10. The van der Waals surface area contributed by atoms with Gasteiger partial charge < -0.3 is 14.2 Å². The second-order valence-corrected chi connectivity index (χ2v) is 9.41. The first-order valence-corrected chi connectivity index (χ1v) is 12.0. The number of amides is 2. The van der Waals surface area contributed by atoms with Crippen molar-refractivity contribution >= 4 is 51.1 Å². The van der Waals surface area contributed by atoms with Crippen LogP contribution in [0.2, 0.25) is 0 Å². The first-order chi connectivity index (χ1) is 14.9. The molecule has 0 N–H and O–H groups in total. The minimum Gasteiger partial charge on any atom is -0.465 e. The number of piperidine rings is 1. The number of thiazole rings is 1. The minimum absolute atomic E-state index is 0.0734. The minimum atomic E-state index is -0.433. The first kappa shape index (κ1) is 23.1. The Hall–Kier alpha value is -2.57. The van der Waals surface area contributed by atoms with Crippen molar-refractivity contribution in [3.63, 3.8) is 0 Å². The highest BCUT2D eigenvalue weighted by atomic mass is 32.2. The molecule has 1 aromatic carbocycles. The Morgan fingerprint density at radius 1 is 1.29 bits per heavy atom. The van der Waals surface area contributed by atoms with Crippen molar-refractivity contribution in [1.29, 1.82) is 0 Å². The van der Waals surface area contributed by atoms with Crippen molar-refractivity contribution in [3.8, 4) is 12.3 Å². The molecule has 7 nitrogen and oxygen atoms in total. The van der Waals surface area contributed by atoms with Crippen LogP contribution in [-0.2, 0) is 20.9 Å². The van der Waals surface area contributed by atoms with Crippen LogP contribution in [0.1, 0.15) is 30.1 Å². The third kappa shape index (κ3) is 5.77. The molecule has 0 bridgehead atoms. The smallest absolute Gasteiger partial charge is 0.337 e. The molecule has 0 saturated carbocycles. The summed E-state index contributed by atoms with van der Waals surface area (Å²) in [5.41, 5.74) is 1.22. The molecule has 0 atom stereocenters. The summed E-state index contributed by atoms with van der Waals surface area (Å²) in [5, 5.41) is 0. The molecule has 0 unspecified atom stereocenters. The van der Waals surface area contributed by atoms with Gasteiger partial charge in [-0.25, -0.2) is 4.79 Å². The topological polar surface area (TPSA) is 81.0 Å². The number of carbonyl (C=O) groups is 3. The summed E-state index contributed by atoms with van der Waals surface area (Å²) in [4.78, 5) is 43.1. The van der Waals surface area contributed by atoms with Gasteiger partial charge in [-0.1, -0.05) is 24.2 Å². The van der Waals surface area contributed by atoms with E-state index in [9.17, 15) is 14.4 Å². The molecular weight excluding hydrogens is 434 g/mol. The lowest BCUT2D eigenvalue weighted by atomic mass is 9.99. The molecule has 0 spiro atoms. The molecule has 2 heterocycles. The van der Waals surface area contributed by atoms with E-state index in [1.165, 1.54) is 30.2 Å². The second-order valence-electron chi connectivity index (χ2n) is 7.41. The number of esters is 1. The normalized spacial score (nSPS) is 15.1. The van der Waals surface area contributed by atoms with Crippen LogP contribution in [0.5, 0.6) is 0 Å². The van der Waals surface area contributed by atoms with Crippen molar-refractivity contribution in [1.82, 2.24) is 9.47 Å². The molecule has 1 fully saturated rings. The summed E-state index contributed by atoms with van der Waals surface area (Å²) in [6, 6.07) is 5.13. The summed E-state index contributed by atoms with van der Waals surface area (Å²) in [6.07, 6.45) is 7.55. The molecular formula is C22H25N3O4S2. The van der Waals surface area contributed by atoms with E-state index in [4.69, 9.17) is 11.2 Å². The number of ether oxygens (including phenoxy) is 1. The van der Waals surface area contributed by atoms with Crippen LogP contribution in [-0.4, -0.2) is 59.0 Å². The predicted octanol–water partition coefficient (Wildman–Crippen LogP) is 2.54. The van der Waals surface area contributed by atoms with E-state index in [0.29, 0.717) is 16.3 Å². The predicted molar refractivity (Wildman–Crippen MR) is 123 cm³/mol. The molecule has 1 aliphatic rings. The van der Waals surface area contributed by atoms with Gasteiger partial charge >= 0.3 is 5.97 Å². The highest BCUT2D eigenvalue weighted by molar-refractivity contribution is 8.00. The number of nitrogens with zero attached hydrogens (tertiary/aromatic N) is 3. The van der Waals surface area contributed by atoms with Crippen molar-refractivity contribution in [2.24, 2.45) is 10.9 Å². The average Bonchev–Trinajstić information content (AvgIpc) is 3.09. The number of methoxy groups -OCH3 is 1. The van der Waals surface area contributed by atoms with Crippen molar-refractivity contribution < 1.29 is 19.1 Å². The van der Waals surface area contributed by atoms with Crippen molar-refractivity contribution in [2.75, 3.05) is 31.7 Å². The molecule has 9 heteroatoms. The summed E-state index contributed by atoms with van der Waals surface area (Å²) in [7, 11) is 1.33. The van der Waals surface area contributed by atoms with Gasteiger partial charge in [0, 0.05) is 13.1 Å². The molecule has 2 aromatic rings. The molecule has 0 aliphatic carbocycles. The Morgan fingerprint density at radius 3 is 2.71 bits per heavy atom. The fraction of sp³-hybridized carbons (Fsp3) is 0.455. The van der Waals surface area contributed by atoms with E-state index in [2.05, 4.69) is 17.8 Å². The molecule has 1 saturated heterocycles. The fourth-order valence-electron chi connectivity index (χ4n) is 3.36. The van der Waals surface area contributed by atoms with Crippen LogP contribution in [0.15, 0.2) is 23.2 Å². The highest BCUT2D eigenvalue weighted by Gasteiger charge is 2.20. The van der Waals surface area contributed by atoms with Crippen LogP contribution < -0.4 is 4.80 Å². The van der Waals surface area contributed by atoms with Gasteiger partial charge in [0.2, 0.25) is 5.91 Å². The van der Waals surface area contributed by atoms with E-state index >= 15 is 0 Å². The van der Waals surface area contributed by atoms with Crippen LogP contribution in [0.3, 0.4) is 0 Å². The van der Waals surface area contributed by atoms with Gasteiger partial charge in [0.25, 0.3) is 5.91 Å². The lowest BCUT2D eigenvalue weighted by Crippen LogP contribution is -2.39. The van der Waals surface area contributed by atoms with Gasteiger partial charge in [-0.15, -0.1) is 18.2 Å². The van der Waals surface area contributed by atoms with E-state index in [0.717, 1.165) is 36.1 Å². The summed E-state index contributed by atoms with van der Waals surface area (Å²) in [5.74, 6) is 2.95. The molecule has 31 heavy (non-hydrogen) atoms. The van der Waals surface area contributed by atoms with Gasteiger partial charge in [-0.2, -0.15) is 4.99 Å². The Bertz CT molecular complexity index is 1090. The zero-order chi connectivity index (χ0) is 22.4. The molecule has 1 aliphatic heterocycles. The number of terminal acetylenes is 1. The number of likely N-dealkylation sites (tertiary alicyclic amines) is 1. The Morgan fingerprint density at radius 2 is 2.03 bits per heavy atom. The van der Waals surface area contributed by atoms with Gasteiger partial charge in [0.1, 0.15) is 0 Å². The van der Waals surface area contributed by atoms with Gasteiger partial charge in [-0.3, -0.25) is 9.59 Å². The standard InChI is InChI=1S/C22H25N3O4S2/c1-4-9-25-17-6-5-16(21(28)29-3)12-18(17)31-22(25)23-19(26)13-30-14-20(27)24-10-7-15(2)8-11-24/h1,5-6,12,15H,7-11,13-14H2,2-3H3. The summed E-state index contributed by atoms with van der Waals surface area (Å²) in [6.45, 7) is 4.04. The van der Waals surface area contributed by atoms with E-state index < -0.39 is 5.97 Å². The fourth-order valence-corrected chi connectivity index (χ4v) is 5.15. The number of hydrogen-bond acceptors (Lipinski definition) is 6. The Labute approximate surface area is 189 Å². The van der Waals surface area contributed by atoms with Crippen LogP contribution in [0.25, 0.3) is 10.2 Å². The quantitative estimate of drug-likeness (QED) is 0.490. The van der Waals surface area contributed by atoms with Crippen LogP contribution in [0, 0.1) is 18.3 Å². The SMILES string of the molecule is C#CCn1c(=NC(=O)CSCC(=O)N2CCC(C)CC2)sc2cc(C(=O)OC)ccc21. The molecule has 164 valence electrons. The maximum atomic E-state index is 12.4. The monoisotopic (exact) mass is 459 g/mol. The molecule has 1 aromatic heterocycles. The number of aromatic nitrogens is 1. The number of carbonyl (C=O) groups excluding carboxylic acids is 3. The van der Waals surface area contributed by atoms with Crippen molar-refractivity contribution in [3.05, 3.63) is 28.6 Å². The largest absolute Gasteiger partial charge is 0.465 e. The molecule has 2 amide bonds. The van der Waals surface area contributed by atoms with Crippen molar-refractivity contribution in [2.45, 2.75) is 26.3 Å². The zero-order valence-electron chi connectivity index (χ0n) is 17.6. The van der Waals surface area contributed by atoms with Gasteiger partial charge in [0.15, 0.2) is 4.80 Å². The number of hydrogen-bond donors (Lipinski definition) is 0. The summed E-state index contributed by atoms with van der Waals surface area (Å²) >= 11 is 2.56. The lowest BCUT2D eigenvalue weighted by Gasteiger charge is -2.30. The highest BCUT2D eigenvalue weighted by Crippen LogP contribution is 2.20. The first-order valence-electron chi connectivity index (χ1n) is 10.0. The van der Waals surface area contributed by atoms with E-state index in [1.807, 2.05) is 4.90 Å². The number of benzene rings is 1. The second kappa shape index (κ2) is 10.6. The third-order valence-electron chi connectivity index (χ3n) is 5.16. The Kier molecular flexibility index (Phi) is 7.93. The van der Waals surface area contributed by atoms with E-state index in [-0.39, 0.29) is 29.9 Å². The number of thioether (sulfide) groups is 1. The van der Waals surface area contributed by atoms with E-state index in [1.54, 1.807) is 22.8 Å². The van der Waals surface area contributed by atoms with Crippen LogP contribution >= 0.6 is 23.1 Å². The van der Waals surface area contributed by atoms with Crippen LogP contribution in [0.4, 0.5) is 0 Å². The number of fused-ring (bicyclic) bond motifs is 1. The van der Waals surface area contributed by atoms with Gasteiger partial charge in [0.05, 0.1) is 40.9 Å².